The third kappa shape index (κ3) is 5.23. The molecule has 158 valence electrons. The molecule has 0 aliphatic carbocycles. The number of carbonyl (C=O) groups excluding carboxylic acids is 1. The monoisotopic (exact) mass is 420 g/mol. The summed E-state index contributed by atoms with van der Waals surface area (Å²) in [5.41, 5.74) is 0.310. The van der Waals surface area contributed by atoms with Crippen molar-refractivity contribution >= 4 is 26.8 Å². The number of pyridine rings is 1. The zero-order valence-electron chi connectivity index (χ0n) is 17.0. The van der Waals surface area contributed by atoms with Crippen molar-refractivity contribution < 1.29 is 13.2 Å². The zero-order valence-corrected chi connectivity index (χ0v) is 17.8. The summed E-state index contributed by atoms with van der Waals surface area (Å²) >= 11 is 0. The molecule has 9 heteroatoms. The van der Waals surface area contributed by atoms with E-state index in [9.17, 15) is 18.0 Å². The predicted molar refractivity (Wildman–Crippen MR) is 112 cm³/mol. The topological polar surface area (TPSA) is 103 Å². The van der Waals surface area contributed by atoms with Crippen LogP contribution in [0.25, 0.3) is 10.9 Å². The zero-order chi connectivity index (χ0) is 21.2. The average molecular weight is 421 g/mol. The molecule has 1 aliphatic rings. The summed E-state index contributed by atoms with van der Waals surface area (Å²) in [5, 5.41) is 0.610. The highest BCUT2D eigenvalue weighted by molar-refractivity contribution is 7.89. The number of benzene rings is 1. The number of nitrogens with zero attached hydrogens (tertiary/aromatic N) is 2. The van der Waals surface area contributed by atoms with Crippen molar-refractivity contribution in [1.29, 1.82) is 0 Å². The van der Waals surface area contributed by atoms with E-state index in [0.717, 1.165) is 13.1 Å². The molecule has 2 aromatic rings. The molecule has 1 aromatic carbocycles. The number of nitrogens with one attached hydrogen (secondary N) is 2. The minimum absolute atomic E-state index is 0.0667. The van der Waals surface area contributed by atoms with E-state index >= 15 is 0 Å². The van der Waals surface area contributed by atoms with Crippen molar-refractivity contribution in [1.82, 2.24) is 19.5 Å². The Balaban J connectivity index is 1.84. The Morgan fingerprint density at radius 2 is 1.83 bits per heavy atom. The summed E-state index contributed by atoms with van der Waals surface area (Å²) in [4.78, 5) is 31.1. The number of likely N-dealkylation sites (N-methyl/N-ethyl adjacent to an activating group) is 1. The minimum Gasteiger partial charge on any atom is -0.339 e. The van der Waals surface area contributed by atoms with Gasteiger partial charge in [-0.25, -0.2) is 8.42 Å². The van der Waals surface area contributed by atoms with Crippen LogP contribution in [0.1, 0.15) is 20.3 Å². The molecule has 1 atom stereocenters. The van der Waals surface area contributed by atoms with E-state index in [0.29, 0.717) is 30.4 Å². The number of hydrogen-bond acceptors (Lipinski definition) is 5. The van der Waals surface area contributed by atoms with Crippen LogP contribution in [0.2, 0.25) is 0 Å². The normalized spacial score (nSPS) is 17.0. The molecule has 1 aromatic heterocycles. The van der Waals surface area contributed by atoms with Gasteiger partial charge in [0.2, 0.25) is 21.5 Å². The summed E-state index contributed by atoms with van der Waals surface area (Å²) < 4.78 is 28.6. The fraction of sp³-hybridized carbons (Fsp3) is 0.500. The summed E-state index contributed by atoms with van der Waals surface area (Å²) in [6.07, 6.45) is 0.422. The van der Waals surface area contributed by atoms with Crippen LogP contribution >= 0.6 is 0 Å². The first-order chi connectivity index (χ1) is 13.7. The van der Waals surface area contributed by atoms with Gasteiger partial charge in [0, 0.05) is 37.8 Å². The van der Waals surface area contributed by atoms with Crippen molar-refractivity contribution in [2.45, 2.75) is 31.2 Å². The Labute approximate surface area is 170 Å². The van der Waals surface area contributed by atoms with Crippen LogP contribution in [-0.4, -0.2) is 68.4 Å². The molecule has 1 saturated heterocycles. The predicted octanol–water partition coefficient (Wildman–Crippen LogP) is 0.995. The Morgan fingerprint density at radius 1 is 1.14 bits per heavy atom. The van der Waals surface area contributed by atoms with Crippen molar-refractivity contribution in [3.63, 3.8) is 0 Å². The number of carbonyl (C=O) groups is 1. The number of hydrogen-bond donors (Lipinski definition) is 2. The van der Waals surface area contributed by atoms with E-state index < -0.39 is 16.1 Å². The van der Waals surface area contributed by atoms with Crippen LogP contribution in [0.3, 0.4) is 0 Å². The van der Waals surface area contributed by atoms with Gasteiger partial charge in [-0.2, -0.15) is 4.72 Å². The van der Waals surface area contributed by atoms with Crippen molar-refractivity contribution in [3.8, 4) is 0 Å². The summed E-state index contributed by atoms with van der Waals surface area (Å²) in [5.74, 6) is -0.0266. The van der Waals surface area contributed by atoms with Crippen LogP contribution in [0, 0.1) is 5.92 Å². The number of rotatable bonds is 6. The van der Waals surface area contributed by atoms with Gasteiger partial charge in [0.25, 0.3) is 0 Å². The SMILES string of the molecule is CC(C)CC(NS(=O)(=O)c1ccc2[nH]c(=O)ccc2c1)C(=O)N1CCN(C)CC1. The molecule has 2 N–H and O–H groups in total. The van der Waals surface area contributed by atoms with Crippen LogP contribution in [0.5, 0.6) is 0 Å². The van der Waals surface area contributed by atoms with E-state index in [1.807, 2.05) is 20.9 Å². The third-order valence-corrected chi connectivity index (χ3v) is 6.59. The Hall–Kier alpha value is -2.23. The largest absolute Gasteiger partial charge is 0.339 e. The molecule has 0 saturated carbocycles. The molecule has 3 rings (SSSR count). The molecule has 8 nitrogen and oxygen atoms in total. The van der Waals surface area contributed by atoms with Gasteiger partial charge in [0.05, 0.1) is 4.90 Å². The van der Waals surface area contributed by atoms with E-state index in [2.05, 4.69) is 14.6 Å². The third-order valence-electron chi connectivity index (χ3n) is 5.12. The number of piperazine rings is 1. The quantitative estimate of drug-likeness (QED) is 0.726. The van der Waals surface area contributed by atoms with Crippen LogP contribution in [0.4, 0.5) is 0 Å². The van der Waals surface area contributed by atoms with Gasteiger partial charge < -0.3 is 14.8 Å². The number of H-pyrrole nitrogens is 1. The standard InChI is InChI=1S/C20H28N4O4S/c1-14(2)12-18(20(26)24-10-8-23(3)9-11-24)22-29(27,28)16-5-6-17-15(13-16)4-7-19(25)21-17/h4-7,13-14,18,22H,8-12H2,1-3H3,(H,21,25). The number of fused-ring (bicyclic) bond motifs is 1. The minimum atomic E-state index is -3.90. The van der Waals surface area contributed by atoms with Crippen LogP contribution in [-0.2, 0) is 14.8 Å². The number of sulfonamides is 1. The summed E-state index contributed by atoms with van der Waals surface area (Å²) in [6.45, 7) is 6.66. The molecule has 0 bridgehead atoms. The van der Waals surface area contributed by atoms with Crippen LogP contribution < -0.4 is 10.3 Å². The van der Waals surface area contributed by atoms with E-state index in [1.165, 1.54) is 18.2 Å². The number of aromatic nitrogens is 1. The van der Waals surface area contributed by atoms with Gasteiger partial charge in [0.1, 0.15) is 6.04 Å². The van der Waals surface area contributed by atoms with Gasteiger partial charge in [-0.15, -0.1) is 0 Å². The fourth-order valence-corrected chi connectivity index (χ4v) is 4.71. The van der Waals surface area contributed by atoms with Gasteiger partial charge in [0.15, 0.2) is 0 Å². The Bertz CT molecular complexity index is 1040. The molecule has 0 radical (unpaired) electrons. The Kier molecular flexibility index (Phi) is 6.40. The maximum absolute atomic E-state index is 13.0. The molecular weight excluding hydrogens is 392 g/mol. The Morgan fingerprint density at radius 3 is 2.48 bits per heavy atom. The van der Waals surface area contributed by atoms with Gasteiger partial charge in [-0.05, 0) is 49.0 Å². The summed E-state index contributed by atoms with van der Waals surface area (Å²) in [7, 11) is -1.90. The average Bonchev–Trinajstić information content (AvgIpc) is 2.66. The van der Waals surface area contributed by atoms with Gasteiger partial charge >= 0.3 is 0 Å². The lowest BCUT2D eigenvalue weighted by atomic mass is 10.0. The molecule has 1 aliphatic heterocycles. The first-order valence-electron chi connectivity index (χ1n) is 9.78. The first kappa shape index (κ1) is 21.5. The highest BCUT2D eigenvalue weighted by atomic mass is 32.2. The van der Waals surface area contributed by atoms with Crippen molar-refractivity contribution in [3.05, 3.63) is 40.7 Å². The van der Waals surface area contributed by atoms with Crippen molar-refractivity contribution in [2.75, 3.05) is 33.2 Å². The molecule has 1 amide bonds. The van der Waals surface area contributed by atoms with Gasteiger partial charge in [-0.1, -0.05) is 13.8 Å². The second-order valence-electron chi connectivity index (χ2n) is 8.00. The smallest absolute Gasteiger partial charge is 0.248 e. The van der Waals surface area contributed by atoms with Crippen LogP contribution in [0.15, 0.2) is 40.0 Å². The molecular formula is C20H28N4O4S. The molecule has 1 unspecified atom stereocenters. The maximum atomic E-state index is 13.0. The van der Waals surface area contributed by atoms with E-state index in [1.54, 1.807) is 17.0 Å². The molecule has 0 spiro atoms. The first-order valence-corrected chi connectivity index (χ1v) is 11.3. The second kappa shape index (κ2) is 8.64. The van der Waals surface area contributed by atoms with E-state index in [-0.39, 0.29) is 22.3 Å². The number of amides is 1. The highest BCUT2D eigenvalue weighted by Crippen LogP contribution is 2.18. The second-order valence-corrected chi connectivity index (χ2v) is 9.72. The fourth-order valence-electron chi connectivity index (χ4n) is 3.47. The maximum Gasteiger partial charge on any atom is 0.248 e. The van der Waals surface area contributed by atoms with Gasteiger partial charge in [-0.3, -0.25) is 9.59 Å². The summed E-state index contributed by atoms with van der Waals surface area (Å²) in [6, 6.07) is 6.62. The molecule has 1 fully saturated rings. The van der Waals surface area contributed by atoms with E-state index in [4.69, 9.17) is 0 Å². The molecule has 2 heterocycles. The lowest BCUT2D eigenvalue weighted by Gasteiger charge is -2.35. The highest BCUT2D eigenvalue weighted by Gasteiger charge is 2.31. The number of aromatic amines is 1. The lowest BCUT2D eigenvalue weighted by molar-refractivity contribution is -0.135. The molecule has 29 heavy (non-hydrogen) atoms. The lowest BCUT2D eigenvalue weighted by Crippen LogP contribution is -2.54. The van der Waals surface area contributed by atoms with Crippen molar-refractivity contribution in [2.24, 2.45) is 5.92 Å².